The predicted molar refractivity (Wildman–Crippen MR) is 253 cm³/mol. The van der Waals surface area contributed by atoms with Crippen molar-refractivity contribution >= 4 is 32.2 Å². The van der Waals surface area contributed by atoms with Crippen molar-refractivity contribution in [3.8, 4) is 0 Å². The normalized spacial score (nSPS) is 27.0. The second-order valence-electron chi connectivity index (χ2n) is 20.9. The molecule has 0 radical (unpaired) electrons. The molecule has 3 aliphatic heterocycles. The van der Waals surface area contributed by atoms with E-state index >= 15 is 0 Å². The minimum Gasteiger partial charge on any atom is -0.463 e. The number of aliphatic hydroxyl groups excluding tert-OH is 1. The molecule has 0 amide bonds. The fourth-order valence-corrected chi connectivity index (χ4v) is 9.41. The lowest BCUT2D eigenvalue weighted by Crippen LogP contribution is -2.64. The molecular weight excluding hydrogens is 885 g/mol. The van der Waals surface area contributed by atoms with Crippen molar-refractivity contribution in [2.75, 3.05) is 13.2 Å². The van der Waals surface area contributed by atoms with Crippen molar-refractivity contribution in [2.24, 2.45) is 0 Å². The van der Waals surface area contributed by atoms with Gasteiger partial charge < -0.3 is 56.9 Å². The van der Waals surface area contributed by atoms with Crippen LogP contribution in [0.4, 0.5) is 0 Å². The van der Waals surface area contributed by atoms with Crippen LogP contribution >= 0.6 is 0 Å². The minimum absolute atomic E-state index is 0.0368. The maximum absolute atomic E-state index is 13.8. The van der Waals surface area contributed by atoms with E-state index in [1.165, 1.54) is 0 Å². The lowest BCUT2D eigenvalue weighted by atomic mass is 9.97. The SMILES string of the molecule is CCCCCCCC(=O)O[C@@H]1[C@H](OC(O)[C@@H]2OC(C)(C)O[C@H]2[C@H](O[Si](C)(C)C(C)(C)C)[C@H]2COC(C)(C)O2)O[C@H](COC(=O)CCCCC)[C@@H](OC(=O)CCCCC)[C@@H]1OC(=O)CCCCC. The van der Waals surface area contributed by atoms with Gasteiger partial charge in [0.15, 0.2) is 44.5 Å². The Morgan fingerprint density at radius 3 is 1.60 bits per heavy atom. The van der Waals surface area contributed by atoms with Gasteiger partial charge in [-0.05, 0) is 71.5 Å². The first kappa shape index (κ1) is 59.1. The molecule has 1 unspecified atom stereocenters. The van der Waals surface area contributed by atoms with Crippen molar-refractivity contribution in [1.82, 2.24) is 0 Å². The molecular formula is C50H90O16Si. The van der Waals surface area contributed by atoms with Crippen LogP contribution < -0.4 is 0 Å². The largest absolute Gasteiger partial charge is 0.463 e. The highest BCUT2D eigenvalue weighted by Gasteiger charge is 2.58. The highest BCUT2D eigenvalue weighted by Crippen LogP contribution is 2.43. The van der Waals surface area contributed by atoms with Crippen LogP contribution in [0, 0.1) is 0 Å². The third-order valence-electron chi connectivity index (χ3n) is 12.9. The van der Waals surface area contributed by atoms with Gasteiger partial charge in [0.1, 0.15) is 37.1 Å². The summed E-state index contributed by atoms with van der Waals surface area (Å²) in [7, 11) is -2.57. The van der Waals surface area contributed by atoms with Crippen molar-refractivity contribution in [2.45, 2.75) is 283 Å². The van der Waals surface area contributed by atoms with Gasteiger partial charge in [0, 0.05) is 25.7 Å². The molecule has 16 nitrogen and oxygen atoms in total. The average Bonchev–Trinajstić information content (AvgIpc) is 3.78. The molecule has 0 bridgehead atoms. The lowest BCUT2D eigenvalue weighted by Gasteiger charge is -2.45. The van der Waals surface area contributed by atoms with E-state index < -0.39 is 112 Å². The topological polar surface area (TPSA) is 190 Å². The van der Waals surface area contributed by atoms with Crippen LogP contribution in [0.3, 0.4) is 0 Å². The fourth-order valence-electron chi connectivity index (χ4n) is 8.09. The zero-order valence-corrected chi connectivity index (χ0v) is 44.5. The molecule has 3 rings (SSSR count). The van der Waals surface area contributed by atoms with Gasteiger partial charge in [-0.2, -0.15) is 0 Å². The first-order valence-electron chi connectivity index (χ1n) is 25.6. The van der Waals surface area contributed by atoms with Crippen LogP contribution in [0.25, 0.3) is 0 Å². The molecule has 3 heterocycles. The molecule has 3 aliphatic rings. The molecule has 17 heteroatoms. The summed E-state index contributed by atoms with van der Waals surface area (Å²) in [4.78, 5) is 54.3. The number of carbonyl (C=O) groups excluding carboxylic acids is 4. The number of hydrogen-bond acceptors (Lipinski definition) is 16. The Morgan fingerprint density at radius 1 is 0.627 bits per heavy atom. The lowest BCUT2D eigenvalue weighted by molar-refractivity contribution is -0.347. The highest BCUT2D eigenvalue weighted by molar-refractivity contribution is 6.74. The quantitative estimate of drug-likeness (QED) is 0.0235. The smallest absolute Gasteiger partial charge is 0.306 e. The second kappa shape index (κ2) is 28.0. The van der Waals surface area contributed by atoms with Gasteiger partial charge in [-0.1, -0.05) is 113 Å². The molecule has 0 spiro atoms. The number of aliphatic hydroxyl groups is 1. The minimum atomic E-state index is -2.57. The Kier molecular flexibility index (Phi) is 24.7. The highest BCUT2D eigenvalue weighted by atomic mass is 28.4. The third-order valence-corrected chi connectivity index (χ3v) is 17.4. The van der Waals surface area contributed by atoms with Gasteiger partial charge in [0.25, 0.3) is 0 Å². The molecule has 390 valence electrons. The van der Waals surface area contributed by atoms with E-state index in [1.807, 2.05) is 34.6 Å². The Balaban J connectivity index is 2.14. The zero-order valence-electron chi connectivity index (χ0n) is 43.5. The van der Waals surface area contributed by atoms with Crippen molar-refractivity contribution in [3.05, 3.63) is 0 Å². The number of carbonyl (C=O) groups is 4. The van der Waals surface area contributed by atoms with E-state index in [4.69, 9.17) is 51.8 Å². The zero-order chi connectivity index (χ0) is 50.0. The van der Waals surface area contributed by atoms with Gasteiger partial charge in [0.2, 0.25) is 6.29 Å². The van der Waals surface area contributed by atoms with Gasteiger partial charge in [-0.15, -0.1) is 0 Å². The second-order valence-corrected chi connectivity index (χ2v) is 25.7. The van der Waals surface area contributed by atoms with Crippen LogP contribution in [-0.2, 0) is 71.0 Å². The Hall–Kier alpha value is -2.22. The first-order chi connectivity index (χ1) is 31.5. The molecule has 0 saturated carbocycles. The van der Waals surface area contributed by atoms with E-state index in [2.05, 4.69) is 40.8 Å². The number of hydrogen-bond donors (Lipinski definition) is 1. The summed E-state index contributed by atoms with van der Waals surface area (Å²) in [6.07, 6.45) is -1.61. The van der Waals surface area contributed by atoms with Gasteiger partial charge >= 0.3 is 23.9 Å². The third kappa shape index (κ3) is 19.5. The van der Waals surface area contributed by atoms with Crippen molar-refractivity contribution in [3.63, 3.8) is 0 Å². The van der Waals surface area contributed by atoms with E-state index in [-0.39, 0.29) is 37.3 Å². The maximum atomic E-state index is 13.8. The van der Waals surface area contributed by atoms with Gasteiger partial charge in [0.05, 0.1) is 6.61 Å². The molecule has 0 aromatic carbocycles. The Labute approximate surface area is 403 Å². The van der Waals surface area contributed by atoms with Crippen molar-refractivity contribution < 1.29 is 76.1 Å². The molecule has 10 atom stereocenters. The summed E-state index contributed by atoms with van der Waals surface area (Å²) in [5.74, 6) is -4.51. The van der Waals surface area contributed by atoms with Gasteiger partial charge in [-0.3, -0.25) is 19.2 Å². The van der Waals surface area contributed by atoms with E-state index in [1.54, 1.807) is 13.8 Å². The fraction of sp³-hybridized carbons (Fsp3) is 0.920. The number of unbranched alkanes of at least 4 members (excludes halogenated alkanes) is 10. The number of rotatable bonds is 30. The maximum Gasteiger partial charge on any atom is 0.306 e. The van der Waals surface area contributed by atoms with Gasteiger partial charge in [-0.25, -0.2) is 0 Å². The first-order valence-corrected chi connectivity index (χ1v) is 28.5. The molecule has 3 fully saturated rings. The monoisotopic (exact) mass is 975 g/mol. The molecule has 0 aromatic heterocycles. The predicted octanol–water partition coefficient (Wildman–Crippen LogP) is 9.49. The average molecular weight is 975 g/mol. The van der Waals surface area contributed by atoms with E-state index in [9.17, 15) is 24.3 Å². The standard InChI is InChI=1S/C50H90O16Si/c1-14-18-22-23-27-31-39(54)61-45-42(60-38(53)30-26-21-17-4)40(59-37(52)29-25-20-16-3)34(32-56-36(51)28-24-19-15-2)58-47(45)62-46(55)44-43(64-50(10,11)65-44)41(35-33-57-49(8,9)63-35)66-67(12,13)48(5,6)7/h34-35,40-47,55H,14-33H2,1-13H3/t34-,35-,40-,41-,42+,43+,44-,45+,46?,47+/m1/s1. The summed E-state index contributed by atoms with van der Waals surface area (Å²) in [5.41, 5.74) is 0. The molecule has 1 N–H and O–H groups in total. The number of esters is 4. The molecule has 0 aromatic rings. The Bertz CT molecular complexity index is 1500. The van der Waals surface area contributed by atoms with Crippen LogP contribution in [0.2, 0.25) is 18.1 Å². The Morgan fingerprint density at radius 2 is 1.09 bits per heavy atom. The summed E-state index contributed by atoms with van der Waals surface area (Å²) >= 11 is 0. The van der Waals surface area contributed by atoms with Crippen LogP contribution in [0.1, 0.15) is 192 Å². The van der Waals surface area contributed by atoms with Crippen LogP contribution in [0.5, 0.6) is 0 Å². The summed E-state index contributed by atoms with van der Waals surface area (Å²) in [6, 6.07) is 0. The van der Waals surface area contributed by atoms with E-state index in [0.717, 1.165) is 64.2 Å². The number of ether oxygens (including phenoxy) is 10. The van der Waals surface area contributed by atoms with Crippen LogP contribution in [0.15, 0.2) is 0 Å². The summed E-state index contributed by atoms with van der Waals surface area (Å²) < 4.78 is 69.7. The molecule has 3 saturated heterocycles. The summed E-state index contributed by atoms with van der Waals surface area (Å²) in [5, 5.41) is 12.1. The summed E-state index contributed by atoms with van der Waals surface area (Å²) in [6.45, 7) is 25.5. The van der Waals surface area contributed by atoms with Crippen molar-refractivity contribution in [1.29, 1.82) is 0 Å². The van der Waals surface area contributed by atoms with E-state index in [0.29, 0.717) is 25.7 Å². The molecule has 0 aliphatic carbocycles. The van der Waals surface area contributed by atoms with Crippen LogP contribution in [-0.4, -0.2) is 124 Å². The molecule has 67 heavy (non-hydrogen) atoms.